The molecule has 2 aromatic heterocycles. The average Bonchev–Trinajstić information content (AvgIpc) is 3.03. The van der Waals surface area contributed by atoms with E-state index in [2.05, 4.69) is 9.97 Å². The number of hydrogen-bond acceptors (Lipinski definition) is 5. The molecule has 0 unspecified atom stereocenters. The molecule has 3 rings (SSSR count). The van der Waals surface area contributed by atoms with Gasteiger partial charge in [0.1, 0.15) is 11.6 Å². The van der Waals surface area contributed by atoms with E-state index < -0.39 is 15.7 Å². The zero-order valence-corrected chi connectivity index (χ0v) is 13.8. The van der Waals surface area contributed by atoms with Crippen molar-refractivity contribution >= 4 is 9.84 Å². The summed E-state index contributed by atoms with van der Waals surface area (Å²) in [6.45, 7) is 0. The summed E-state index contributed by atoms with van der Waals surface area (Å²) in [7, 11) is -1.91. The van der Waals surface area contributed by atoms with E-state index in [1.54, 1.807) is 22.8 Å². The molecular formula is C16H14FN3O3S. The standard InChI is InChI=1S/C16H14FN3O3S/c1-23-12-4-5-13(14(17)7-12)15-9-18-10-20(15)11-3-6-16(19-8-11)24(2,21)22/h3-10H,1-2H3. The van der Waals surface area contributed by atoms with E-state index in [0.29, 0.717) is 22.7 Å². The van der Waals surface area contributed by atoms with Gasteiger partial charge in [-0.05, 0) is 24.3 Å². The fraction of sp³-hybridized carbons (Fsp3) is 0.125. The topological polar surface area (TPSA) is 74.1 Å². The third kappa shape index (κ3) is 3.00. The molecule has 0 aliphatic heterocycles. The number of hydrogen-bond donors (Lipinski definition) is 0. The molecule has 0 bridgehead atoms. The Labute approximate surface area is 138 Å². The average molecular weight is 347 g/mol. The molecule has 0 amide bonds. The van der Waals surface area contributed by atoms with E-state index in [9.17, 15) is 12.8 Å². The van der Waals surface area contributed by atoms with Gasteiger partial charge in [0.2, 0.25) is 0 Å². The van der Waals surface area contributed by atoms with Crippen molar-refractivity contribution < 1.29 is 17.5 Å². The lowest BCUT2D eigenvalue weighted by atomic mass is 10.1. The Bertz CT molecular complexity index is 982. The van der Waals surface area contributed by atoms with Gasteiger partial charge in [0.05, 0.1) is 37.2 Å². The molecule has 0 aliphatic carbocycles. The van der Waals surface area contributed by atoms with Gasteiger partial charge in [-0.25, -0.2) is 22.8 Å². The van der Waals surface area contributed by atoms with Gasteiger partial charge in [0, 0.05) is 17.9 Å². The number of ether oxygens (including phenoxy) is 1. The zero-order chi connectivity index (χ0) is 17.3. The summed E-state index contributed by atoms with van der Waals surface area (Å²) < 4.78 is 43.9. The highest BCUT2D eigenvalue weighted by Crippen LogP contribution is 2.28. The van der Waals surface area contributed by atoms with Crippen LogP contribution in [0.5, 0.6) is 5.75 Å². The number of nitrogens with zero attached hydrogens (tertiary/aromatic N) is 3. The smallest absolute Gasteiger partial charge is 0.192 e. The number of imidazole rings is 1. The quantitative estimate of drug-likeness (QED) is 0.725. The molecule has 0 saturated carbocycles. The molecule has 0 fully saturated rings. The Morgan fingerprint density at radius 3 is 2.54 bits per heavy atom. The molecule has 0 atom stereocenters. The van der Waals surface area contributed by atoms with Crippen molar-refractivity contribution in [1.29, 1.82) is 0 Å². The van der Waals surface area contributed by atoms with Crippen LogP contribution in [-0.2, 0) is 9.84 Å². The van der Waals surface area contributed by atoms with Gasteiger partial charge in [0.25, 0.3) is 0 Å². The molecule has 0 spiro atoms. The summed E-state index contributed by atoms with van der Waals surface area (Å²) in [5.41, 5.74) is 1.44. The van der Waals surface area contributed by atoms with Gasteiger partial charge < -0.3 is 4.74 Å². The molecule has 1 aromatic carbocycles. The maximum Gasteiger partial charge on any atom is 0.192 e. The van der Waals surface area contributed by atoms with Crippen molar-refractivity contribution in [3.05, 3.63) is 54.9 Å². The molecule has 8 heteroatoms. The lowest BCUT2D eigenvalue weighted by Gasteiger charge is -2.10. The molecule has 0 saturated heterocycles. The maximum atomic E-state index is 14.3. The van der Waals surface area contributed by atoms with E-state index >= 15 is 0 Å². The zero-order valence-electron chi connectivity index (χ0n) is 13.0. The summed E-state index contributed by atoms with van der Waals surface area (Å²) in [5, 5.41) is -0.0245. The van der Waals surface area contributed by atoms with Crippen LogP contribution >= 0.6 is 0 Å². The van der Waals surface area contributed by atoms with Crippen LogP contribution in [0.25, 0.3) is 16.9 Å². The molecule has 2 heterocycles. The van der Waals surface area contributed by atoms with Crippen molar-refractivity contribution in [1.82, 2.24) is 14.5 Å². The molecule has 24 heavy (non-hydrogen) atoms. The summed E-state index contributed by atoms with van der Waals surface area (Å²) in [6.07, 6.45) is 5.53. The highest BCUT2D eigenvalue weighted by molar-refractivity contribution is 7.90. The van der Waals surface area contributed by atoms with Crippen LogP contribution in [0.2, 0.25) is 0 Å². The van der Waals surface area contributed by atoms with E-state index in [0.717, 1.165) is 6.26 Å². The second-order valence-corrected chi connectivity index (χ2v) is 7.08. The number of halogens is 1. The van der Waals surface area contributed by atoms with Gasteiger partial charge in [0.15, 0.2) is 14.9 Å². The van der Waals surface area contributed by atoms with Crippen LogP contribution in [-0.4, -0.2) is 36.3 Å². The van der Waals surface area contributed by atoms with Crippen molar-refractivity contribution in [2.75, 3.05) is 13.4 Å². The number of rotatable bonds is 4. The first-order chi connectivity index (χ1) is 11.4. The second-order valence-electron chi connectivity index (χ2n) is 5.12. The number of methoxy groups -OCH3 is 1. The Kier molecular flexibility index (Phi) is 4.06. The molecule has 124 valence electrons. The van der Waals surface area contributed by atoms with Crippen LogP contribution in [0.1, 0.15) is 0 Å². The maximum absolute atomic E-state index is 14.3. The molecule has 6 nitrogen and oxygen atoms in total. The minimum absolute atomic E-state index is 0.0245. The van der Waals surface area contributed by atoms with Gasteiger partial charge in [-0.2, -0.15) is 0 Å². The summed E-state index contributed by atoms with van der Waals surface area (Å²) >= 11 is 0. The summed E-state index contributed by atoms with van der Waals surface area (Å²) in [4.78, 5) is 7.99. The first-order valence-corrected chi connectivity index (χ1v) is 8.82. The number of pyridine rings is 1. The fourth-order valence-corrected chi connectivity index (χ4v) is 2.82. The normalized spacial score (nSPS) is 11.5. The largest absolute Gasteiger partial charge is 0.497 e. The van der Waals surface area contributed by atoms with Gasteiger partial charge in [-0.15, -0.1) is 0 Å². The second kappa shape index (κ2) is 6.04. The van der Waals surface area contributed by atoms with Crippen LogP contribution in [0.4, 0.5) is 4.39 Å². The van der Waals surface area contributed by atoms with E-state index in [1.807, 2.05) is 0 Å². The first-order valence-electron chi connectivity index (χ1n) is 6.93. The van der Waals surface area contributed by atoms with Gasteiger partial charge in [-0.1, -0.05) is 0 Å². The molecule has 0 radical (unpaired) electrons. The van der Waals surface area contributed by atoms with Crippen LogP contribution < -0.4 is 4.74 Å². The predicted octanol–water partition coefficient (Wildman–Crippen LogP) is 2.49. The summed E-state index contributed by atoms with van der Waals surface area (Å²) in [6, 6.07) is 7.53. The summed E-state index contributed by atoms with van der Waals surface area (Å²) in [5.74, 6) is -0.0293. The third-order valence-corrected chi connectivity index (χ3v) is 4.47. The van der Waals surface area contributed by atoms with E-state index in [-0.39, 0.29) is 5.03 Å². The van der Waals surface area contributed by atoms with E-state index in [4.69, 9.17) is 4.74 Å². The van der Waals surface area contributed by atoms with Crippen LogP contribution in [0.15, 0.2) is 54.1 Å². The monoisotopic (exact) mass is 347 g/mol. The highest BCUT2D eigenvalue weighted by atomic mass is 32.2. The molecule has 3 aromatic rings. The fourth-order valence-electron chi connectivity index (χ4n) is 2.26. The highest BCUT2D eigenvalue weighted by Gasteiger charge is 2.14. The third-order valence-electron chi connectivity index (χ3n) is 3.47. The first kappa shape index (κ1) is 16.1. The van der Waals surface area contributed by atoms with Crippen molar-refractivity contribution in [2.45, 2.75) is 5.03 Å². The van der Waals surface area contributed by atoms with Crippen LogP contribution in [0, 0.1) is 5.82 Å². The van der Waals surface area contributed by atoms with E-state index in [1.165, 1.54) is 38.0 Å². The minimum atomic E-state index is -3.37. The lowest BCUT2D eigenvalue weighted by molar-refractivity contribution is 0.411. The van der Waals surface area contributed by atoms with Crippen molar-refractivity contribution in [2.24, 2.45) is 0 Å². The molecule has 0 N–H and O–H groups in total. The lowest BCUT2D eigenvalue weighted by Crippen LogP contribution is -2.02. The number of benzene rings is 1. The Balaban J connectivity index is 2.05. The van der Waals surface area contributed by atoms with Crippen LogP contribution in [0.3, 0.4) is 0 Å². The Morgan fingerprint density at radius 2 is 1.96 bits per heavy atom. The van der Waals surface area contributed by atoms with Crippen molar-refractivity contribution in [3.63, 3.8) is 0 Å². The number of aromatic nitrogens is 3. The van der Waals surface area contributed by atoms with Gasteiger partial charge >= 0.3 is 0 Å². The van der Waals surface area contributed by atoms with Gasteiger partial charge in [-0.3, -0.25) is 4.57 Å². The Morgan fingerprint density at radius 1 is 1.17 bits per heavy atom. The SMILES string of the molecule is COc1ccc(-c2cncn2-c2ccc(S(C)(=O)=O)nc2)c(F)c1. The number of sulfone groups is 1. The Hall–Kier alpha value is -2.74. The minimum Gasteiger partial charge on any atom is -0.497 e. The predicted molar refractivity (Wildman–Crippen MR) is 86.4 cm³/mol. The molecule has 0 aliphatic rings. The van der Waals surface area contributed by atoms with Crippen molar-refractivity contribution in [3.8, 4) is 22.7 Å². The molecular weight excluding hydrogens is 333 g/mol.